The zero-order valence-electron chi connectivity index (χ0n) is 11.3. The topological polar surface area (TPSA) is 46.9 Å². The van der Waals surface area contributed by atoms with Gasteiger partial charge in [0.1, 0.15) is 5.82 Å². The molecule has 0 saturated heterocycles. The summed E-state index contributed by atoms with van der Waals surface area (Å²) in [5, 5.41) is 4.87. The summed E-state index contributed by atoms with van der Waals surface area (Å²) in [5.41, 5.74) is 0. The lowest BCUT2D eigenvalue weighted by atomic mass is 10.1. The monoisotopic (exact) mass is 297 g/mol. The summed E-state index contributed by atoms with van der Waals surface area (Å²) in [4.78, 5) is 17.5. The van der Waals surface area contributed by atoms with Crippen LogP contribution in [0.25, 0.3) is 0 Å². The number of thiophene rings is 1. The molecule has 0 fully saturated rings. The number of hydrogen-bond donors (Lipinski definition) is 1. The Morgan fingerprint density at radius 3 is 2.71 bits per heavy atom. The first-order valence-electron chi connectivity index (χ1n) is 6.69. The number of aromatic nitrogens is 2. The maximum absolute atomic E-state index is 12.3. The Hall–Kier alpha value is -2.40. The summed E-state index contributed by atoms with van der Waals surface area (Å²) in [7, 11) is 0. The van der Waals surface area contributed by atoms with Gasteiger partial charge in [-0.3, -0.25) is 4.79 Å². The predicted octanol–water partition coefficient (Wildman–Crippen LogP) is 3.56. The highest BCUT2D eigenvalue weighted by Crippen LogP contribution is 2.26. The first-order valence-corrected chi connectivity index (χ1v) is 7.57. The van der Waals surface area contributed by atoms with Gasteiger partial charge in [-0.05, 0) is 35.7 Å². The summed E-state index contributed by atoms with van der Waals surface area (Å²) >= 11 is 1.66. The number of carbonyl (C=O) groups excluding carboxylic acids is 1. The highest BCUT2D eigenvalue weighted by molar-refractivity contribution is 7.10. The third-order valence-electron chi connectivity index (χ3n) is 3.17. The summed E-state index contributed by atoms with van der Waals surface area (Å²) in [5.74, 6) is 0.542. The Bertz CT molecular complexity index is 643. The molecule has 1 N–H and O–H groups in total. The van der Waals surface area contributed by atoms with Crippen LogP contribution in [0.5, 0.6) is 0 Å². The first-order chi connectivity index (χ1) is 10.3. The number of amides is 1. The number of rotatable bonds is 5. The second-order valence-corrected chi connectivity index (χ2v) is 5.61. The molecule has 0 bridgehead atoms. The van der Waals surface area contributed by atoms with Gasteiger partial charge in [0, 0.05) is 23.5 Å². The molecule has 3 heterocycles. The van der Waals surface area contributed by atoms with Gasteiger partial charge in [0.05, 0.1) is 12.5 Å². The SMILES string of the molecule is O=C(C[C@@H](c1cccs1)n1cccc1)Nc1ccccn1. The minimum atomic E-state index is -0.0409. The second kappa shape index (κ2) is 6.37. The Balaban J connectivity index is 1.75. The fourth-order valence-corrected chi connectivity index (χ4v) is 3.03. The molecule has 0 unspecified atom stereocenters. The zero-order chi connectivity index (χ0) is 14.5. The molecule has 0 aromatic carbocycles. The van der Waals surface area contributed by atoms with Crippen LogP contribution in [-0.2, 0) is 4.79 Å². The fraction of sp³-hybridized carbons (Fsp3) is 0.125. The normalized spacial score (nSPS) is 12.0. The lowest BCUT2D eigenvalue weighted by molar-refractivity contribution is -0.116. The minimum absolute atomic E-state index is 0.0173. The van der Waals surface area contributed by atoms with E-state index in [-0.39, 0.29) is 11.9 Å². The van der Waals surface area contributed by atoms with Crippen LogP contribution in [0.2, 0.25) is 0 Å². The van der Waals surface area contributed by atoms with E-state index in [4.69, 9.17) is 0 Å². The molecule has 0 aliphatic heterocycles. The quantitative estimate of drug-likeness (QED) is 0.782. The fourth-order valence-electron chi connectivity index (χ4n) is 2.20. The van der Waals surface area contributed by atoms with Crippen LogP contribution in [-0.4, -0.2) is 15.5 Å². The third kappa shape index (κ3) is 3.38. The van der Waals surface area contributed by atoms with E-state index < -0.39 is 0 Å². The molecule has 3 rings (SSSR count). The lowest BCUT2D eigenvalue weighted by Crippen LogP contribution is -2.19. The number of carbonyl (C=O) groups is 1. The van der Waals surface area contributed by atoms with Gasteiger partial charge in [0.2, 0.25) is 5.91 Å². The molecule has 0 saturated carbocycles. The number of pyridine rings is 1. The van der Waals surface area contributed by atoms with Gasteiger partial charge in [0.25, 0.3) is 0 Å². The van der Waals surface area contributed by atoms with E-state index in [1.807, 2.05) is 48.1 Å². The van der Waals surface area contributed by atoms with E-state index in [9.17, 15) is 4.79 Å². The summed E-state index contributed by atoms with van der Waals surface area (Å²) in [6.07, 6.45) is 6.01. The van der Waals surface area contributed by atoms with Crippen LogP contribution in [0, 0.1) is 0 Å². The van der Waals surface area contributed by atoms with Gasteiger partial charge in [-0.1, -0.05) is 12.1 Å². The highest BCUT2D eigenvalue weighted by Gasteiger charge is 2.18. The van der Waals surface area contributed by atoms with Crippen molar-refractivity contribution < 1.29 is 4.79 Å². The Morgan fingerprint density at radius 2 is 2.05 bits per heavy atom. The number of anilines is 1. The molecule has 0 spiro atoms. The Labute approximate surface area is 127 Å². The van der Waals surface area contributed by atoms with Crippen LogP contribution >= 0.6 is 11.3 Å². The van der Waals surface area contributed by atoms with Gasteiger partial charge < -0.3 is 9.88 Å². The van der Waals surface area contributed by atoms with Gasteiger partial charge in [0.15, 0.2) is 0 Å². The second-order valence-electron chi connectivity index (χ2n) is 4.63. The average molecular weight is 297 g/mol. The van der Waals surface area contributed by atoms with E-state index in [0.29, 0.717) is 12.2 Å². The largest absolute Gasteiger partial charge is 0.346 e. The third-order valence-corrected chi connectivity index (χ3v) is 4.14. The van der Waals surface area contributed by atoms with E-state index >= 15 is 0 Å². The molecule has 3 aromatic heterocycles. The average Bonchev–Trinajstić information content (AvgIpc) is 3.19. The van der Waals surface area contributed by atoms with Gasteiger partial charge in [-0.15, -0.1) is 11.3 Å². The van der Waals surface area contributed by atoms with Gasteiger partial charge in [-0.2, -0.15) is 0 Å². The van der Waals surface area contributed by atoms with Crippen molar-refractivity contribution in [3.05, 3.63) is 71.3 Å². The van der Waals surface area contributed by atoms with Crippen LogP contribution in [0.3, 0.4) is 0 Å². The molecule has 21 heavy (non-hydrogen) atoms. The van der Waals surface area contributed by atoms with Gasteiger partial charge >= 0.3 is 0 Å². The van der Waals surface area contributed by atoms with E-state index in [2.05, 4.69) is 20.9 Å². The molecule has 5 heteroatoms. The van der Waals surface area contributed by atoms with Gasteiger partial charge in [-0.25, -0.2) is 4.98 Å². The molecular formula is C16H15N3OS. The van der Waals surface area contributed by atoms with Crippen molar-refractivity contribution in [3.8, 4) is 0 Å². The van der Waals surface area contributed by atoms with Crippen molar-refractivity contribution in [2.24, 2.45) is 0 Å². The highest BCUT2D eigenvalue weighted by atomic mass is 32.1. The molecule has 0 aliphatic carbocycles. The van der Waals surface area contributed by atoms with Crippen molar-refractivity contribution in [3.63, 3.8) is 0 Å². The number of nitrogens with one attached hydrogen (secondary N) is 1. The molecule has 106 valence electrons. The summed E-state index contributed by atoms with van der Waals surface area (Å²) in [6, 6.07) is 13.5. The molecule has 0 aliphatic rings. The molecular weight excluding hydrogens is 282 g/mol. The molecule has 3 aromatic rings. The van der Waals surface area contributed by atoms with E-state index in [0.717, 1.165) is 0 Å². The smallest absolute Gasteiger partial charge is 0.227 e. The Kier molecular flexibility index (Phi) is 4.12. The molecule has 1 atom stereocenters. The summed E-state index contributed by atoms with van der Waals surface area (Å²) in [6.45, 7) is 0. The van der Waals surface area contributed by atoms with Crippen molar-refractivity contribution in [2.75, 3.05) is 5.32 Å². The van der Waals surface area contributed by atoms with Crippen LogP contribution in [0.4, 0.5) is 5.82 Å². The van der Waals surface area contributed by atoms with Crippen LogP contribution < -0.4 is 5.32 Å². The minimum Gasteiger partial charge on any atom is -0.346 e. The molecule has 1 amide bonds. The molecule has 0 radical (unpaired) electrons. The number of hydrogen-bond acceptors (Lipinski definition) is 3. The zero-order valence-corrected chi connectivity index (χ0v) is 12.2. The van der Waals surface area contributed by atoms with E-state index in [1.54, 1.807) is 23.6 Å². The standard InChI is InChI=1S/C16H15N3OS/c20-16(18-15-7-1-2-8-17-15)12-13(14-6-5-11-21-14)19-9-3-4-10-19/h1-11,13H,12H2,(H,17,18,20)/t13-/m0/s1. The van der Waals surface area contributed by atoms with Crippen molar-refractivity contribution >= 4 is 23.1 Å². The Morgan fingerprint density at radius 1 is 1.19 bits per heavy atom. The maximum Gasteiger partial charge on any atom is 0.227 e. The van der Waals surface area contributed by atoms with E-state index in [1.165, 1.54) is 4.88 Å². The first kappa shape index (κ1) is 13.6. The predicted molar refractivity (Wildman–Crippen MR) is 84.4 cm³/mol. The van der Waals surface area contributed by atoms with Crippen molar-refractivity contribution in [1.82, 2.24) is 9.55 Å². The lowest BCUT2D eigenvalue weighted by Gasteiger charge is -2.17. The molecule has 4 nitrogen and oxygen atoms in total. The van der Waals surface area contributed by atoms with Crippen molar-refractivity contribution in [1.29, 1.82) is 0 Å². The number of nitrogens with zero attached hydrogens (tertiary/aromatic N) is 2. The maximum atomic E-state index is 12.3. The van der Waals surface area contributed by atoms with Crippen LogP contribution in [0.15, 0.2) is 66.4 Å². The summed E-state index contributed by atoms with van der Waals surface area (Å²) < 4.78 is 2.06. The van der Waals surface area contributed by atoms with Crippen molar-refractivity contribution in [2.45, 2.75) is 12.5 Å². The van der Waals surface area contributed by atoms with Crippen LogP contribution in [0.1, 0.15) is 17.3 Å².